The van der Waals surface area contributed by atoms with E-state index in [0.29, 0.717) is 25.6 Å². The van der Waals surface area contributed by atoms with Gasteiger partial charge in [-0.15, -0.1) is 0 Å². The molecule has 104 valence electrons. The van der Waals surface area contributed by atoms with Gasteiger partial charge in [0.1, 0.15) is 16.2 Å². The van der Waals surface area contributed by atoms with Crippen LogP contribution in [0.15, 0.2) is 6.33 Å². The maximum Gasteiger partial charge on any atom is 0.164 e. The van der Waals surface area contributed by atoms with Crippen LogP contribution in [0, 0.1) is 0 Å². The van der Waals surface area contributed by atoms with Crippen molar-refractivity contribution in [3.63, 3.8) is 0 Å². The van der Waals surface area contributed by atoms with E-state index in [1.165, 1.54) is 0 Å². The van der Waals surface area contributed by atoms with Crippen molar-refractivity contribution in [3.8, 4) is 0 Å². The van der Waals surface area contributed by atoms with Crippen LogP contribution in [0.25, 0.3) is 0 Å². The van der Waals surface area contributed by atoms with Crippen LogP contribution in [0.2, 0.25) is 0 Å². The highest BCUT2D eigenvalue weighted by Gasteiger charge is 2.07. The number of hydrogen-bond acceptors (Lipinski definition) is 5. The van der Waals surface area contributed by atoms with E-state index < -0.39 is 9.84 Å². The molecule has 0 atom stereocenters. The predicted octanol–water partition coefficient (Wildman–Crippen LogP) is 0.601. The standard InChI is InChI=1S/C11H22N4O2S/c1-4-18(16,17)7-5-6-15-9-13-11(14-15)8-12-10(2)3/h9-10,12H,4-8H2,1-3H3. The Labute approximate surface area is 109 Å². The van der Waals surface area contributed by atoms with Crippen molar-refractivity contribution in [3.05, 3.63) is 12.2 Å². The third-order valence-corrected chi connectivity index (χ3v) is 4.33. The van der Waals surface area contributed by atoms with Gasteiger partial charge < -0.3 is 5.32 Å². The third kappa shape index (κ3) is 5.59. The Kier molecular flexibility index (Phi) is 5.74. The molecule has 0 spiro atoms. The molecule has 0 unspecified atom stereocenters. The molecular weight excluding hydrogens is 252 g/mol. The lowest BCUT2D eigenvalue weighted by Crippen LogP contribution is -2.22. The highest BCUT2D eigenvalue weighted by molar-refractivity contribution is 7.91. The minimum atomic E-state index is -2.88. The van der Waals surface area contributed by atoms with Gasteiger partial charge in [0.05, 0.1) is 12.3 Å². The van der Waals surface area contributed by atoms with Gasteiger partial charge in [-0.2, -0.15) is 5.10 Å². The van der Waals surface area contributed by atoms with Crippen LogP contribution >= 0.6 is 0 Å². The lowest BCUT2D eigenvalue weighted by molar-refractivity contribution is 0.549. The molecule has 0 aliphatic rings. The van der Waals surface area contributed by atoms with E-state index in [1.54, 1.807) is 17.9 Å². The fourth-order valence-corrected chi connectivity index (χ4v) is 2.27. The predicted molar refractivity (Wildman–Crippen MR) is 70.9 cm³/mol. The van der Waals surface area contributed by atoms with Gasteiger partial charge in [0.15, 0.2) is 5.82 Å². The molecule has 1 rings (SSSR count). The maximum absolute atomic E-state index is 11.3. The molecule has 0 saturated carbocycles. The molecule has 18 heavy (non-hydrogen) atoms. The smallest absolute Gasteiger partial charge is 0.164 e. The monoisotopic (exact) mass is 274 g/mol. The van der Waals surface area contributed by atoms with Gasteiger partial charge in [0.2, 0.25) is 0 Å². The number of aryl methyl sites for hydroxylation is 1. The first-order chi connectivity index (χ1) is 8.43. The molecule has 0 radical (unpaired) electrons. The van der Waals surface area contributed by atoms with Gasteiger partial charge in [-0.25, -0.2) is 13.4 Å². The van der Waals surface area contributed by atoms with E-state index in [4.69, 9.17) is 0 Å². The number of sulfone groups is 1. The molecule has 0 saturated heterocycles. The first-order valence-corrected chi connectivity index (χ1v) is 8.07. The molecule has 0 fully saturated rings. The lowest BCUT2D eigenvalue weighted by Gasteiger charge is -2.04. The normalized spacial score (nSPS) is 12.2. The summed E-state index contributed by atoms with van der Waals surface area (Å²) < 4.78 is 24.3. The SMILES string of the molecule is CCS(=O)(=O)CCCn1cnc(CNC(C)C)n1. The van der Waals surface area contributed by atoms with Gasteiger partial charge in [0, 0.05) is 18.3 Å². The second-order valence-electron chi connectivity index (χ2n) is 4.55. The summed E-state index contributed by atoms with van der Waals surface area (Å²) in [5.74, 6) is 1.15. The Morgan fingerprint density at radius 3 is 2.78 bits per heavy atom. The van der Waals surface area contributed by atoms with Gasteiger partial charge >= 0.3 is 0 Å². The van der Waals surface area contributed by atoms with Crippen LogP contribution in [-0.4, -0.2) is 40.7 Å². The number of hydrogen-bond donors (Lipinski definition) is 1. The molecule has 0 aromatic carbocycles. The minimum absolute atomic E-state index is 0.202. The van der Waals surface area contributed by atoms with Gasteiger partial charge in [-0.3, -0.25) is 4.68 Å². The molecule has 0 aliphatic carbocycles. The molecule has 1 aromatic rings. The van der Waals surface area contributed by atoms with Crippen LogP contribution in [-0.2, 0) is 22.9 Å². The summed E-state index contributed by atoms with van der Waals surface area (Å²) in [4.78, 5) is 4.16. The van der Waals surface area contributed by atoms with E-state index in [-0.39, 0.29) is 11.5 Å². The Bertz CT molecular complexity index is 453. The zero-order chi connectivity index (χ0) is 13.6. The summed E-state index contributed by atoms with van der Waals surface area (Å²) in [5, 5.41) is 7.51. The van der Waals surface area contributed by atoms with Crippen molar-refractivity contribution in [1.82, 2.24) is 20.1 Å². The number of rotatable bonds is 8. The maximum atomic E-state index is 11.3. The Morgan fingerprint density at radius 2 is 2.17 bits per heavy atom. The molecule has 6 nitrogen and oxygen atoms in total. The lowest BCUT2D eigenvalue weighted by atomic mass is 10.4. The molecule has 1 heterocycles. The van der Waals surface area contributed by atoms with Crippen LogP contribution < -0.4 is 5.32 Å². The van der Waals surface area contributed by atoms with Crippen LogP contribution in [0.3, 0.4) is 0 Å². The Balaban J connectivity index is 2.35. The fourth-order valence-electron chi connectivity index (χ4n) is 1.41. The van der Waals surface area contributed by atoms with Gasteiger partial charge in [-0.1, -0.05) is 20.8 Å². The summed E-state index contributed by atoms with van der Waals surface area (Å²) in [6.07, 6.45) is 2.23. The van der Waals surface area contributed by atoms with E-state index in [9.17, 15) is 8.42 Å². The zero-order valence-corrected chi connectivity index (χ0v) is 12.1. The highest BCUT2D eigenvalue weighted by Crippen LogP contribution is 1.97. The third-order valence-electron chi connectivity index (χ3n) is 2.53. The van der Waals surface area contributed by atoms with E-state index >= 15 is 0 Å². The van der Waals surface area contributed by atoms with Crippen molar-refractivity contribution in [1.29, 1.82) is 0 Å². The molecule has 1 aromatic heterocycles. The molecule has 0 aliphatic heterocycles. The second-order valence-corrected chi connectivity index (χ2v) is 7.02. The van der Waals surface area contributed by atoms with Crippen LogP contribution in [0.5, 0.6) is 0 Å². The average Bonchev–Trinajstić information content (AvgIpc) is 2.74. The van der Waals surface area contributed by atoms with Crippen LogP contribution in [0.1, 0.15) is 33.0 Å². The molecule has 1 N–H and O–H groups in total. The van der Waals surface area contributed by atoms with Gasteiger partial charge in [-0.05, 0) is 6.42 Å². The molecule has 0 bridgehead atoms. The van der Waals surface area contributed by atoms with E-state index in [2.05, 4.69) is 29.2 Å². The number of nitrogens with zero attached hydrogens (tertiary/aromatic N) is 3. The quantitative estimate of drug-likeness (QED) is 0.751. The largest absolute Gasteiger partial charge is 0.308 e. The topological polar surface area (TPSA) is 76.9 Å². The first kappa shape index (κ1) is 15.1. The summed E-state index contributed by atoms with van der Waals surface area (Å²) in [6, 6.07) is 0.395. The van der Waals surface area contributed by atoms with E-state index in [0.717, 1.165) is 5.82 Å². The molecule has 7 heteroatoms. The highest BCUT2D eigenvalue weighted by atomic mass is 32.2. The summed E-state index contributed by atoms with van der Waals surface area (Å²) in [5.41, 5.74) is 0. The molecule has 0 amide bonds. The first-order valence-electron chi connectivity index (χ1n) is 6.25. The summed E-state index contributed by atoms with van der Waals surface area (Å²) in [7, 11) is -2.88. The average molecular weight is 274 g/mol. The van der Waals surface area contributed by atoms with Gasteiger partial charge in [0.25, 0.3) is 0 Å². The summed E-state index contributed by atoms with van der Waals surface area (Å²) in [6.45, 7) is 7.02. The Hall–Kier alpha value is -0.950. The van der Waals surface area contributed by atoms with Crippen molar-refractivity contribution >= 4 is 9.84 Å². The number of nitrogens with one attached hydrogen (secondary N) is 1. The fraction of sp³-hybridized carbons (Fsp3) is 0.818. The molecular formula is C11H22N4O2S. The van der Waals surface area contributed by atoms with E-state index in [1.807, 2.05) is 0 Å². The minimum Gasteiger partial charge on any atom is -0.308 e. The van der Waals surface area contributed by atoms with Crippen molar-refractivity contribution in [2.75, 3.05) is 11.5 Å². The zero-order valence-electron chi connectivity index (χ0n) is 11.3. The van der Waals surface area contributed by atoms with Crippen molar-refractivity contribution in [2.24, 2.45) is 0 Å². The van der Waals surface area contributed by atoms with Crippen LogP contribution in [0.4, 0.5) is 0 Å². The van der Waals surface area contributed by atoms with Crippen molar-refractivity contribution in [2.45, 2.75) is 46.3 Å². The number of aromatic nitrogens is 3. The second kappa shape index (κ2) is 6.84. The Morgan fingerprint density at radius 1 is 1.44 bits per heavy atom. The summed E-state index contributed by atoms with van der Waals surface area (Å²) >= 11 is 0. The van der Waals surface area contributed by atoms with Crippen molar-refractivity contribution < 1.29 is 8.42 Å².